The lowest BCUT2D eigenvalue weighted by Crippen LogP contribution is -2.53. The van der Waals surface area contributed by atoms with E-state index < -0.39 is 23.9 Å². The number of urea groups is 1. The van der Waals surface area contributed by atoms with Crippen LogP contribution < -0.4 is 16.4 Å². The lowest BCUT2D eigenvalue weighted by Gasteiger charge is -2.30. The van der Waals surface area contributed by atoms with Crippen LogP contribution in [-0.2, 0) is 9.59 Å². The second-order valence-corrected chi connectivity index (χ2v) is 5.12. The van der Waals surface area contributed by atoms with Crippen LogP contribution in [0.25, 0.3) is 0 Å². The fraction of sp³-hybridized carbons (Fsp3) is 0.750. The molecule has 0 aromatic heterocycles. The number of rotatable bonds is 6. The van der Waals surface area contributed by atoms with Crippen molar-refractivity contribution < 1.29 is 19.5 Å². The third-order valence-corrected chi connectivity index (χ3v) is 3.24. The largest absolute Gasteiger partial charge is 0.480 e. The number of amides is 3. The molecule has 0 aromatic rings. The molecule has 2 unspecified atom stereocenters. The Labute approximate surface area is 117 Å². The topological polar surface area (TPSA) is 125 Å². The van der Waals surface area contributed by atoms with Gasteiger partial charge in [-0.05, 0) is 32.9 Å². The summed E-state index contributed by atoms with van der Waals surface area (Å²) in [5.74, 6) is -1.77. The molecule has 8 heteroatoms. The number of primary amides is 1. The maximum absolute atomic E-state index is 11.8. The molecule has 0 bridgehead atoms. The van der Waals surface area contributed by atoms with Crippen LogP contribution in [0.1, 0.15) is 25.7 Å². The minimum Gasteiger partial charge on any atom is -0.480 e. The monoisotopic (exact) mass is 286 g/mol. The summed E-state index contributed by atoms with van der Waals surface area (Å²) in [6.07, 6.45) is 1.77. The first kappa shape index (κ1) is 16.2. The summed E-state index contributed by atoms with van der Waals surface area (Å²) in [6, 6.07) is -1.62. The number of carboxylic acid groups (broad SMARTS) is 1. The number of carboxylic acids is 1. The zero-order chi connectivity index (χ0) is 15.1. The summed E-state index contributed by atoms with van der Waals surface area (Å²) >= 11 is 0. The zero-order valence-corrected chi connectivity index (χ0v) is 11.6. The van der Waals surface area contributed by atoms with E-state index in [0.29, 0.717) is 0 Å². The lowest BCUT2D eigenvalue weighted by molar-refractivity contribution is -0.139. The Hall–Kier alpha value is -1.83. The lowest BCUT2D eigenvalue weighted by atomic mass is 10.1. The van der Waals surface area contributed by atoms with Crippen LogP contribution in [0.4, 0.5) is 4.79 Å². The van der Waals surface area contributed by atoms with Crippen LogP contribution in [0, 0.1) is 0 Å². The van der Waals surface area contributed by atoms with Gasteiger partial charge in [0, 0.05) is 19.0 Å². The zero-order valence-electron chi connectivity index (χ0n) is 11.6. The standard InChI is InChI=1S/C12H22N4O4/c1-16-6-2-3-8(7-16)14-12(20)15-9(11(18)19)4-5-10(13)17/h8-9H,2-7H2,1H3,(H2,13,17)(H,18,19)(H2,14,15,20). The molecule has 1 aliphatic heterocycles. The van der Waals surface area contributed by atoms with Crippen LogP contribution >= 0.6 is 0 Å². The van der Waals surface area contributed by atoms with Gasteiger partial charge in [-0.3, -0.25) is 4.79 Å². The first-order chi connectivity index (χ1) is 9.38. The minimum absolute atomic E-state index is 0.0113. The molecule has 0 aliphatic carbocycles. The average Bonchev–Trinajstić information content (AvgIpc) is 2.33. The predicted octanol–water partition coefficient (Wildman–Crippen LogP) is -0.901. The molecule has 3 amide bonds. The predicted molar refractivity (Wildman–Crippen MR) is 72.0 cm³/mol. The molecule has 1 fully saturated rings. The van der Waals surface area contributed by atoms with Crippen LogP contribution in [-0.4, -0.2) is 60.1 Å². The summed E-state index contributed by atoms with van der Waals surface area (Å²) in [5, 5.41) is 14.1. The van der Waals surface area contributed by atoms with Crippen molar-refractivity contribution >= 4 is 17.9 Å². The van der Waals surface area contributed by atoms with Gasteiger partial charge in [-0.2, -0.15) is 0 Å². The highest BCUT2D eigenvalue weighted by Crippen LogP contribution is 2.07. The molecule has 20 heavy (non-hydrogen) atoms. The second kappa shape index (κ2) is 7.68. The van der Waals surface area contributed by atoms with Gasteiger partial charge in [0.2, 0.25) is 5.91 Å². The average molecular weight is 286 g/mol. The Morgan fingerprint density at radius 2 is 2.15 bits per heavy atom. The fourth-order valence-corrected chi connectivity index (χ4v) is 2.21. The third-order valence-electron chi connectivity index (χ3n) is 3.24. The number of piperidine rings is 1. The number of nitrogens with two attached hydrogens (primary N) is 1. The SMILES string of the molecule is CN1CCCC(NC(=O)NC(CCC(N)=O)C(=O)O)C1. The van der Waals surface area contributed by atoms with Crippen molar-refractivity contribution in [3.63, 3.8) is 0 Å². The van der Waals surface area contributed by atoms with E-state index in [9.17, 15) is 14.4 Å². The number of nitrogens with zero attached hydrogens (tertiary/aromatic N) is 1. The van der Waals surface area contributed by atoms with Crippen LogP contribution in [0.3, 0.4) is 0 Å². The van der Waals surface area contributed by atoms with Gasteiger partial charge in [-0.1, -0.05) is 0 Å². The van der Waals surface area contributed by atoms with E-state index in [1.807, 2.05) is 7.05 Å². The smallest absolute Gasteiger partial charge is 0.326 e. The Kier molecular flexibility index (Phi) is 6.23. The Bertz CT molecular complexity index is 374. The molecule has 1 heterocycles. The highest BCUT2D eigenvalue weighted by atomic mass is 16.4. The van der Waals surface area contributed by atoms with E-state index in [1.165, 1.54) is 0 Å². The summed E-state index contributed by atoms with van der Waals surface area (Å²) in [4.78, 5) is 35.5. The molecular weight excluding hydrogens is 264 g/mol. The fourth-order valence-electron chi connectivity index (χ4n) is 2.21. The molecule has 114 valence electrons. The van der Waals surface area contributed by atoms with Crippen molar-refractivity contribution in [3.8, 4) is 0 Å². The number of carbonyl (C=O) groups is 3. The maximum atomic E-state index is 11.8. The number of likely N-dealkylation sites (N-methyl/N-ethyl adjacent to an activating group) is 1. The molecule has 8 nitrogen and oxygen atoms in total. The molecule has 0 aromatic carbocycles. The summed E-state index contributed by atoms with van der Waals surface area (Å²) < 4.78 is 0. The number of aliphatic carboxylic acids is 1. The van der Waals surface area contributed by atoms with E-state index in [4.69, 9.17) is 10.8 Å². The van der Waals surface area contributed by atoms with E-state index in [0.717, 1.165) is 25.9 Å². The molecule has 1 rings (SSSR count). The van der Waals surface area contributed by atoms with Gasteiger partial charge < -0.3 is 26.4 Å². The van der Waals surface area contributed by atoms with E-state index in [2.05, 4.69) is 15.5 Å². The normalized spacial score (nSPS) is 20.9. The van der Waals surface area contributed by atoms with Crippen molar-refractivity contribution in [2.75, 3.05) is 20.1 Å². The number of nitrogens with one attached hydrogen (secondary N) is 2. The quantitative estimate of drug-likeness (QED) is 0.503. The van der Waals surface area contributed by atoms with Crippen molar-refractivity contribution in [1.82, 2.24) is 15.5 Å². The van der Waals surface area contributed by atoms with Crippen molar-refractivity contribution in [3.05, 3.63) is 0 Å². The van der Waals surface area contributed by atoms with E-state index >= 15 is 0 Å². The third kappa shape index (κ3) is 5.87. The van der Waals surface area contributed by atoms with Gasteiger partial charge in [0.1, 0.15) is 6.04 Å². The van der Waals surface area contributed by atoms with Crippen LogP contribution in [0.2, 0.25) is 0 Å². The number of hydrogen-bond donors (Lipinski definition) is 4. The molecular formula is C12H22N4O4. The molecule has 5 N–H and O–H groups in total. The summed E-state index contributed by atoms with van der Waals surface area (Å²) in [5.41, 5.74) is 4.97. The second-order valence-electron chi connectivity index (χ2n) is 5.12. The van der Waals surface area contributed by atoms with Gasteiger partial charge >= 0.3 is 12.0 Å². The first-order valence-corrected chi connectivity index (χ1v) is 6.65. The Morgan fingerprint density at radius 3 is 2.70 bits per heavy atom. The van der Waals surface area contributed by atoms with Crippen molar-refractivity contribution in [2.45, 2.75) is 37.8 Å². The van der Waals surface area contributed by atoms with Crippen LogP contribution in [0.15, 0.2) is 0 Å². The Balaban J connectivity index is 2.40. The number of carbonyl (C=O) groups excluding carboxylic acids is 2. The molecule has 1 aliphatic rings. The molecule has 2 atom stereocenters. The molecule has 0 spiro atoms. The van der Waals surface area contributed by atoms with Crippen LogP contribution in [0.5, 0.6) is 0 Å². The molecule has 1 saturated heterocycles. The maximum Gasteiger partial charge on any atom is 0.326 e. The minimum atomic E-state index is -1.18. The van der Waals surface area contributed by atoms with E-state index in [1.54, 1.807) is 0 Å². The van der Waals surface area contributed by atoms with Gasteiger partial charge in [0.15, 0.2) is 0 Å². The summed E-state index contributed by atoms with van der Waals surface area (Å²) in [6.45, 7) is 1.74. The van der Waals surface area contributed by atoms with Gasteiger partial charge in [0.25, 0.3) is 0 Å². The highest BCUT2D eigenvalue weighted by Gasteiger charge is 2.23. The van der Waals surface area contributed by atoms with Gasteiger partial charge in [-0.15, -0.1) is 0 Å². The van der Waals surface area contributed by atoms with Gasteiger partial charge in [-0.25, -0.2) is 9.59 Å². The highest BCUT2D eigenvalue weighted by molar-refractivity contribution is 5.83. The number of hydrogen-bond acceptors (Lipinski definition) is 4. The summed E-state index contributed by atoms with van der Waals surface area (Å²) in [7, 11) is 1.97. The van der Waals surface area contributed by atoms with Gasteiger partial charge in [0.05, 0.1) is 0 Å². The Morgan fingerprint density at radius 1 is 1.45 bits per heavy atom. The van der Waals surface area contributed by atoms with E-state index in [-0.39, 0.29) is 18.9 Å². The molecule has 0 radical (unpaired) electrons. The van der Waals surface area contributed by atoms with Crippen molar-refractivity contribution in [1.29, 1.82) is 0 Å². The molecule has 0 saturated carbocycles. The number of likely N-dealkylation sites (tertiary alicyclic amines) is 1. The first-order valence-electron chi connectivity index (χ1n) is 6.65. The van der Waals surface area contributed by atoms with Crippen molar-refractivity contribution in [2.24, 2.45) is 5.73 Å².